The van der Waals surface area contributed by atoms with Gasteiger partial charge in [-0.1, -0.05) is 0 Å². The molecule has 0 aliphatic carbocycles. The lowest BCUT2D eigenvalue weighted by Crippen LogP contribution is -2.27. The number of nitrogen functional groups attached to an aromatic ring is 1. The van der Waals surface area contributed by atoms with Crippen molar-refractivity contribution in [2.45, 2.75) is 6.54 Å². The molecule has 106 valence electrons. The molecule has 3 N–H and O–H groups in total. The Morgan fingerprint density at radius 1 is 1.38 bits per heavy atom. The Bertz CT molecular complexity index is 792. The molecule has 0 bridgehead atoms. The van der Waals surface area contributed by atoms with Crippen LogP contribution in [0.4, 0.5) is 11.4 Å². The summed E-state index contributed by atoms with van der Waals surface area (Å²) in [6.07, 6.45) is 1.41. The molecule has 0 saturated carbocycles. The van der Waals surface area contributed by atoms with E-state index in [1.54, 1.807) is 18.2 Å². The highest BCUT2D eigenvalue weighted by Gasteiger charge is 2.08. The smallest absolute Gasteiger partial charge is 0.251 e. The lowest BCUT2D eigenvalue weighted by Gasteiger charge is -2.09. The molecule has 0 atom stereocenters. The number of carbonyl (C=O) groups excluding carboxylic acids is 1. The number of anilines is 2. The SMILES string of the molecule is N#Cc1ccc(NC(=O)Cn2cc(N)ccc2=O)c(Br)c1. The molecule has 21 heavy (non-hydrogen) atoms. The van der Waals surface area contributed by atoms with E-state index in [2.05, 4.69) is 21.2 Å². The number of rotatable bonds is 3. The summed E-state index contributed by atoms with van der Waals surface area (Å²) in [6, 6.07) is 9.59. The fourth-order valence-electron chi connectivity index (χ4n) is 1.70. The number of nitrogens with two attached hydrogens (primary N) is 1. The van der Waals surface area contributed by atoms with Gasteiger partial charge in [-0.05, 0) is 40.2 Å². The van der Waals surface area contributed by atoms with E-state index in [0.717, 1.165) is 0 Å². The van der Waals surface area contributed by atoms with E-state index < -0.39 is 0 Å². The second kappa shape index (κ2) is 6.24. The number of nitrogens with zero attached hydrogens (tertiary/aromatic N) is 2. The number of benzene rings is 1. The third-order valence-corrected chi connectivity index (χ3v) is 3.35. The van der Waals surface area contributed by atoms with Crippen LogP contribution in [-0.4, -0.2) is 10.5 Å². The monoisotopic (exact) mass is 346 g/mol. The van der Waals surface area contributed by atoms with E-state index in [1.807, 2.05) is 6.07 Å². The molecule has 0 radical (unpaired) electrons. The molecular weight excluding hydrogens is 336 g/mol. The third-order valence-electron chi connectivity index (χ3n) is 2.69. The van der Waals surface area contributed by atoms with E-state index in [1.165, 1.54) is 22.9 Å². The molecule has 6 nitrogen and oxygen atoms in total. The van der Waals surface area contributed by atoms with E-state index in [4.69, 9.17) is 11.0 Å². The second-order valence-corrected chi connectivity index (χ2v) is 5.14. The number of carbonyl (C=O) groups is 1. The zero-order chi connectivity index (χ0) is 15.4. The van der Waals surface area contributed by atoms with E-state index in [-0.39, 0.29) is 18.0 Å². The Hall–Kier alpha value is -2.59. The topological polar surface area (TPSA) is 101 Å². The Labute approximate surface area is 128 Å². The van der Waals surface area contributed by atoms with Gasteiger partial charge >= 0.3 is 0 Å². The van der Waals surface area contributed by atoms with Crippen LogP contribution in [0.15, 0.2) is 45.8 Å². The first-order chi connectivity index (χ1) is 9.99. The summed E-state index contributed by atoms with van der Waals surface area (Å²) < 4.78 is 1.82. The Kier molecular flexibility index (Phi) is 4.40. The van der Waals surface area contributed by atoms with Crippen molar-refractivity contribution in [3.05, 3.63) is 56.9 Å². The fourth-order valence-corrected chi connectivity index (χ4v) is 2.18. The van der Waals surface area contributed by atoms with E-state index in [9.17, 15) is 9.59 Å². The minimum atomic E-state index is -0.367. The largest absolute Gasteiger partial charge is 0.398 e. The molecule has 0 unspecified atom stereocenters. The summed E-state index contributed by atoms with van der Waals surface area (Å²) in [4.78, 5) is 23.5. The summed E-state index contributed by atoms with van der Waals surface area (Å²) in [5.41, 5.74) is 6.68. The van der Waals surface area contributed by atoms with Crippen molar-refractivity contribution < 1.29 is 4.79 Å². The van der Waals surface area contributed by atoms with Crippen molar-refractivity contribution in [2.24, 2.45) is 0 Å². The minimum absolute atomic E-state index is 0.143. The summed E-state index contributed by atoms with van der Waals surface area (Å²) in [7, 11) is 0. The number of nitrogens with one attached hydrogen (secondary N) is 1. The number of amides is 1. The summed E-state index contributed by atoms with van der Waals surface area (Å²) in [5, 5.41) is 11.4. The number of halogens is 1. The maximum Gasteiger partial charge on any atom is 0.251 e. The average molecular weight is 347 g/mol. The highest BCUT2D eigenvalue weighted by molar-refractivity contribution is 9.10. The lowest BCUT2D eigenvalue weighted by atomic mass is 10.2. The maximum atomic E-state index is 12.0. The van der Waals surface area contributed by atoms with Crippen LogP contribution < -0.4 is 16.6 Å². The lowest BCUT2D eigenvalue weighted by molar-refractivity contribution is -0.116. The number of hydrogen-bond acceptors (Lipinski definition) is 4. The molecule has 2 aromatic rings. The normalized spacial score (nSPS) is 9.90. The predicted octanol–water partition coefficient (Wildman–Crippen LogP) is 1.70. The molecule has 1 aromatic heterocycles. The average Bonchev–Trinajstić information content (AvgIpc) is 2.45. The summed E-state index contributed by atoms with van der Waals surface area (Å²) in [5.74, 6) is -0.367. The van der Waals surface area contributed by atoms with Crippen molar-refractivity contribution in [1.82, 2.24) is 4.57 Å². The minimum Gasteiger partial charge on any atom is -0.398 e. The number of nitriles is 1. The molecule has 1 heterocycles. The predicted molar refractivity (Wildman–Crippen MR) is 82.6 cm³/mol. The molecule has 2 rings (SSSR count). The van der Waals surface area contributed by atoms with Crippen LogP contribution in [0.2, 0.25) is 0 Å². The number of pyridine rings is 1. The molecule has 7 heteroatoms. The van der Waals surface area contributed by atoms with Crippen molar-refractivity contribution in [1.29, 1.82) is 5.26 Å². The zero-order valence-corrected chi connectivity index (χ0v) is 12.4. The molecule has 0 saturated heterocycles. The van der Waals surface area contributed by atoms with Crippen molar-refractivity contribution >= 4 is 33.2 Å². The maximum absolute atomic E-state index is 12.0. The van der Waals surface area contributed by atoms with Crippen LogP contribution in [0.5, 0.6) is 0 Å². The molecule has 0 aliphatic rings. The molecule has 0 aliphatic heterocycles. The highest BCUT2D eigenvalue weighted by Crippen LogP contribution is 2.23. The Morgan fingerprint density at radius 2 is 2.14 bits per heavy atom. The third kappa shape index (κ3) is 3.70. The molecular formula is C14H11BrN4O2. The van der Waals surface area contributed by atoms with Gasteiger partial charge in [0.15, 0.2) is 0 Å². The van der Waals surface area contributed by atoms with Crippen molar-refractivity contribution in [3.8, 4) is 6.07 Å². The van der Waals surface area contributed by atoms with Gasteiger partial charge in [-0.15, -0.1) is 0 Å². The Balaban J connectivity index is 2.14. The van der Waals surface area contributed by atoms with Gasteiger partial charge < -0.3 is 15.6 Å². The van der Waals surface area contributed by atoms with Gasteiger partial charge in [-0.2, -0.15) is 5.26 Å². The van der Waals surface area contributed by atoms with E-state index in [0.29, 0.717) is 21.4 Å². The van der Waals surface area contributed by atoms with Crippen LogP contribution in [0.25, 0.3) is 0 Å². The van der Waals surface area contributed by atoms with Gasteiger partial charge in [0.2, 0.25) is 5.91 Å². The van der Waals surface area contributed by atoms with Crippen LogP contribution in [-0.2, 0) is 11.3 Å². The molecule has 0 fully saturated rings. The first-order valence-corrected chi connectivity index (χ1v) is 6.74. The number of aromatic nitrogens is 1. The van der Waals surface area contributed by atoms with Gasteiger partial charge in [-0.25, -0.2) is 0 Å². The van der Waals surface area contributed by atoms with E-state index >= 15 is 0 Å². The highest BCUT2D eigenvalue weighted by atomic mass is 79.9. The van der Waals surface area contributed by atoms with Gasteiger partial charge in [-0.3, -0.25) is 9.59 Å². The quantitative estimate of drug-likeness (QED) is 0.882. The standard InChI is InChI=1S/C14H11BrN4O2/c15-11-5-9(6-16)1-3-12(11)18-13(20)8-19-7-10(17)2-4-14(19)21/h1-5,7H,8,17H2,(H,18,20). The Morgan fingerprint density at radius 3 is 2.81 bits per heavy atom. The van der Waals surface area contributed by atoms with Crippen molar-refractivity contribution in [2.75, 3.05) is 11.1 Å². The molecule has 1 amide bonds. The van der Waals surface area contributed by atoms with Crippen LogP contribution in [0.1, 0.15) is 5.56 Å². The van der Waals surface area contributed by atoms with Crippen LogP contribution in [0.3, 0.4) is 0 Å². The fraction of sp³-hybridized carbons (Fsp3) is 0.0714. The summed E-state index contributed by atoms with van der Waals surface area (Å²) >= 11 is 3.27. The second-order valence-electron chi connectivity index (χ2n) is 4.28. The van der Waals surface area contributed by atoms with Gasteiger partial charge in [0.25, 0.3) is 5.56 Å². The van der Waals surface area contributed by atoms with Crippen LogP contribution in [0, 0.1) is 11.3 Å². The van der Waals surface area contributed by atoms with Crippen molar-refractivity contribution in [3.63, 3.8) is 0 Å². The van der Waals surface area contributed by atoms with Gasteiger partial charge in [0, 0.05) is 22.4 Å². The van der Waals surface area contributed by atoms with Gasteiger partial charge in [0.05, 0.1) is 17.3 Å². The van der Waals surface area contributed by atoms with Crippen LogP contribution >= 0.6 is 15.9 Å². The molecule has 0 spiro atoms. The first kappa shape index (κ1) is 14.8. The summed E-state index contributed by atoms with van der Waals surface area (Å²) in [6.45, 7) is -0.143. The first-order valence-electron chi connectivity index (χ1n) is 5.95. The number of hydrogen-bond donors (Lipinski definition) is 2. The zero-order valence-electron chi connectivity index (χ0n) is 10.8. The van der Waals surface area contributed by atoms with Gasteiger partial charge in [0.1, 0.15) is 6.54 Å². The molecule has 1 aromatic carbocycles.